The Morgan fingerprint density at radius 1 is 1.19 bits per heavy atom. The largest absolute Gasteiger partial charge is 0.416 e. The van der Waals surface area contributed by atoms with E-state index >= 15 is 0 Å². The topological polar surface area (TPSA) is 53.6 Å². The van der Waals surface area contributed by atoms with Gasteiger partial charge in [0.1, 0.15) is 0 Å². The molecule has 5 nitrogen and oxygen atoms in total. The number of hydrogen-bond acceptors (Lipinski definition) is 4. The number of nitrogens with zero attached hydrogens (tertiary/aromatic N) is 1. The van der Waals surface area contributed by atoms with Gasteiger partial charge in [0.25, 0.3) is 0 Å². The summed E-state index contributed by atoms with van der Waals surface area (Å²) in [5.74, 6) is -0.0668. The van der Waals surface area contributed by atoms with Gasteiger partial charge in [0.15, 0.2) is 0 Å². The summed E-state index contributed by atoms with van der Waals surface area (Å²) in [6.07, 6.45) is -3.75. The normalized spacial score (nSPS) is 19.3. The zero-order valence-corrected chi connectivity index (χ0v) is 18.5. The SMILES string of the molecule is COCCNC(=O)[C@@H]1C[C@@H](NCc2ccc(C(F)(F)F)cc2)CN1Cc1cccc(Cl)c1. The maximum atomic E-state index is 12.8. The third kappa shape index (κ3) is 6.93. The molecule has 174 valence electrons. The van der Waals surface area contributed by atoms with Crippen molar-refractivity contribution in [2.45, 2.75) is 37.8 Å². The fraction of sp³-hybridized carbons (Fsp3) is 0.435. The molecule has 1 fully saturated rings. The van der Waals surface area contributed by atoms with Crippen molar-refractivity contribution >= 4 is 17.5 Å². The number of ether oxygens (including phenoxy) is 1. The number of alkyl halides is 3. The summed E-state index contributed by atoms with van der Waals surface area (Å²) in [6.45, 7) is 2.49. The summed E-state index contributed by atoms with van der Waals surface area (Å²) < 4.78 is 43.3. The van der Waals surface area contributed by atoms with Crippen molar-refractivity contribution in [3.8, 4) is 0 Å². The first kappa shape index (κ1) is 24.5. The molecule has 2 atom stereocenters. The van der Waals surface area contributed by atoms with Gasteiger partial charge in [-0.15, -0.1) is 0 Å². The summed E-state index contributed by atoms with van der Waals surface area (Å²) in [7, 11) is 1.58. The molecule has 0 aromatic heterocycles. The Morgan fingerprint density at radius 3 is 2.59 bits per heavy atom. The lowest BCUT2D eigenvalue weighted by Gasteiger charge is -2.23. The van der Waals surface area contributed by atoms with Gasteiger partial charge < -0.3 is 15.4 Å². The van der Waals surface area contributed by atoms with Crippen molar-refractivity contribution in [3.63, 3.8) is 0 Å². The maximum absolute atomic E-state index is 12.8. The molecule has 0 spiro atoms. The first-order valence-electron chi connectivity index (χ1n) is 10.4. The Labute approximate surface area is 190 Å². The van der Waals surface area contributed by atoms with Gasteiger partial charge in [0.05, 0.1) is 18.2 Å². The Morgan fingerprint density at radius 2 is 1.94 bits per heavy atom. The van der Waals surface area contributed by atoms with Crippen LogP contribution in [0.15, 0.2) is 48.5 Å². The minimum atomic E-state index is -4.35. The average molecular weight is 470 g/mol. The molecule has 2 aromatic carbocycles. The van der Waals surface area contributed by atoms with Crippen LogP contribution >= 0.6 is 11.6 Å². The van der Waals surface area contributed by atoms with Crippen molar-refractivity contribution in [2.24, 2.45) is 0 Å². The quantitative estimate of drug-likeness (QED) is 0.548. The van der Waals surface area contributed by atoms with Gasteiger partial charge in [-0.1, -0.05) is 35.9 Å². The minimum absolute atomic E-state index is 0.0228. The highest BCUT2D eigenvalue weighted by molar-refractivity contribution is 6.30. The van der Waals surface area contributed by atoms with Crippen molar-refractivity contribution in [1.82, 2.24) is 15.5 Å². The fourth-order valence-electron chi connectivity index (χ4n) is 3.84. The van der Waals surface area contributed by atoms with Crippen molar-refractivity contribution in [2.75, 3.05) is 26.8 Å². The highest BCUT2D eigenvalue weighted by atomic mass is 35.5. The number of carbonyl (C=O) groups excluding carboxylic acids is 1. The monoisotopic (exact) mass is 469 g/mol. The lowest BCUT2D eigenvalue weighted by Crippen LogP contribution is -2.43. The van der Waals surface area contributed by atoms with Gasteiger partial charge in [-0.2, -0.15) is 13.2 Å². The van der Waals surface area contributed by atoms with Crippen LogP contribution in [0.3, 0.4) is 0 Å². The van der Waals surface area contributed by atoms with Crippen LogP contribution < -0.4 is 10.6 Å². The van der Waals surface area contributed by atoms with E-state index in [4.69, 9.17) is 16.3 Å². The fourth-order valence-corrected chi connectivity index (χ4v) is 4.05. The summed E-state index contributed by atoms with van der Waals surface area (Å²) in [5, 5.41) is 6.92. The molecule has 0 unspecified atom stereocenters. The zero-order chi connectivity index (χ0) is 23.1. The lowest BCUT2D eigenvalue weighted by atomic mass is 10.1. The second kappa shape index (κ2) is 11.1. The Balaban J connectivity index is 1.63. The highest BCUT2D eigenvalue weighted by Crippen LogP contribution is 2.29. The molecule has 2 aromatic rings. The van der Waals surface area contributed by atoms with Crippen LogP contribution in [0.5, 0.6) is 0 Å². The summed E-state index contributed by atoms with van der Waals surface area (Å²) >= 11 is 6.10. The molecular weight excluding hydrogens is 443 g/mol. The predicted octanol–water partition coefficient (Wildman–Crippen LogP) is 3.85. The number of methoxy groups -OCH3 is 1. The molecular formula is C23H27ClF3N3O2. The smallest absolute Gasteiger partial charge is 0.383 e. The molecule has 1 saturated heterocycles. The van der Waals surface area contributed by atoms with Crippen LogP contribution in [0.4, 0.5) is 13.2 Å². The van der Waals surface area contributed by atoms with E-state index in [0.717, 1.165) is 23.3 Å². The Hall–Kier alpha value is -2.13. The standard InChI is InChI=1S/C23H27ClF3N3O2/c1-32-10-9-28-22(31)21-12-20(15-30(21)14-17-3-2-4-19(24)11-17)29-13-16-5-7-18(8-6-16)23(25,26)27/h2-8,11,20-21,29H,9-10,12-15H2,1H3,(H,28,31)/t20-,21+/m1/s1. The molecule has 1 heterocycles. The summed E-state index contributed by atoms with van der Waals surface area (Å²) in [5.41, 5.74) is 1.10. The molecule has 1 amide bonds. The molecule has 1 aliphatic heterocycles. The van der Waals surface area contributed by atoms with Gasteiger partial charge in [-0.25, -0.2) is 0 Å². The molecule has 0 aliphatic carbocycles. The maximum Gasteiger partial charge on any atom is 0.416 e. The second-order valence-electron chi connectivity index (χ2n) is 7.87. The molecule has 0 radical (unpaired) electrons. The highest BCUT2D eigenvalue weighted by Gasteiger charge is 2.36. The Kier molecular flexibility index (Phi) is 8.53. The molecule has 32 heavy (non-hydrogen) atoms. The van der Waals surface area contributed by atoms with Crippen molar-refractivity contribution < 1.29 is 22.7 Å². The predicted molar refractivity (Wildman–Crippen MR) is 117 cm³/mol. The van der Waals surface area contributed by atoms with E-state index in [2.05, 4.69) is 15.5 Å². The molecule has 1 aliphatic rings. The van der Waals surface area contributed by atoms with Crippen LogP contribution in [-0.4, -0.2) is 49.7 Å². The summed E-state index contributed by atoms with van der Waals surface area (Å²) in [4.78, 5) is 14.9. The molecule has 9 heteroatoms. The first-order chi connectivity index (χ1) is 15.3. The Bertz CT molecular complexity index is 893. The van der Waals surface area contributed by atoms with Crippen LogP contribution in [0.2, 0.25) is 5.02 Å². The van der Waals surface area contributed by atoms with Crippen molar-refractivity contribution in [3.05, 3.63) is 70.2 Å². The van der Waals surface area contributed by atoms with Gasteiger partial charge in [0, 0.05) is 44.4 Å². The number of hydrogen-bond donors (Lipinski definition) is 2. The number of likely N-dealkylation sites (tertiary alicyclic amines) is 1. The van der Waals surface area contributed by atoms with Crippen molar-refractivity contribution in [1.29, 1.82) is 0 Å². The molecule has 2 N–H and O–H groups in total. The van der Waals surface area contributed by atoms with E-state index in [-0.39, 0.29) is 18.0 Å². The number of nitrogens with one attached hydrogen (secondary N) is 2. The average Bonchev–Trinajstić information content (AvgIpc) is 3.15. The van der Waals surface area contributed by atoms with Gasteiger partial charge in [-0.3, -0.25) is 9.69 Å². The van der Waals surface area contributed by atoms with Gasteiger partial charge >= 0.3 is 6.18 Å². The van der Waals surface area contributed by atoms with Crippen LogP contribution in [0, 0.1) is 0 Å². The minimum Gasteiger partial charge on any atom is -0.383 e. The zero-order valence-electron chi connectivity index (χ0n) is 17.8. The number of carbonyl (C=O) groups is 1. The van der Waals surface area contributed by atoms with Crippen LogP contribution in [-0.2, 0) is 28.8 Å². The third-order valence-corrected chi connectivity index (χ3v) is 5.70. The van der Waals surface area contributed by atoms with E-state index in [0.29, 0.717) is 44.2 Å². The first-order valence-corrected chi connectivity index (χ1v) is 10.8. The molecule has 0 saturated carbocycles. The van der Waals surface area contributed by atoms with E-state index in [1.165, 1.54) is 12.1 Å². The van der Waals surface area contributed by atoms with Crippen LogP contribution in [0.25, 0.3) is 0 Å². The van der Waals surface area contributed by atoms with Gasteiger partial charge in [0.2, 0.25) is 5.91 Å². The number of rotatable bonds is 9. The van der Waals surface area contributed by atoms with E-state index in [1.54, 1.807) is 13.2 Å². The molecule has 3 rings (SSSR count). The van der Waals surface area contributed by atoms with E-state index in [1.807, 2.05) is 18.2 Å². The van der Waals surface area contributed by atoms with Gasteiger partial charge in [-0.05, 0) is 41.8 Å². The van der Waals surface area contributed by atoms with Crippen LogP contribution in [0.1, 0.15) is 23.1 Å². The lowest BCUT2D eigenvalue weighted by molar-refractivity contribution is -0.137. The van der Waals surface area contributed by atoms with E-state index in [9.17, 15) is 18.0 Å². The number of benzene rings is 2. The number of amides is 1. The third-order valence-electron chi connectivity index (χ3n) is 5.46. The van der Waals surface area contributed by atoms with E-state index < -0.39 is 11.7 Å². The second-order valence-corrected chi connectivity index (χ2v) is 8.30. The summed E-state index contributed by atoms with van der Waals surface area (Å²) in [6, 6.07) is 12.4. The number of halogens is 4. The molecule has 0 bridgehead atoms.